The van der Waals surface area contributed by atoms with Crippen LogP contribution in [0.2, 0.25) is 0 Å². The molecule has 0 radical (unpaired) electrons. The lowest BCUT2D eigenvalue weighted by Crippen LogP contribution is -2.23. The van der Waals surface area contributed by atoms with Crippen LogP contribution in [-0.2, 0) is 0 Å². The molecular formula is C12H17N3. The van der Waals surface area contributed by atoms with Gasteiger partial charge < -0.3 is 10.6 Å². The molecule has 1 aliphatic rings. The predicted octanol–water partition coefficient (Wildman–Crippen LogP) is 1.69. The van der Waals surface area contributed by atoms with Gasteiger partial charge in [0.25, 0.3) is 0 Å². The molecule has 0 aromatic carbocycles. The van der Waals surface area contributed by atoms with E-state index in [4.69, 9.17) is 5.73 Å². The molecule has 0 bridgehead atoms. The maximum absolute atomic E-state index is 5.64. The average molecular weight is 203 g/mol. The van der Waals surface area contributed by atoms with Crippen LogP contribution in [-0.4, -0.2) is 30.0 Å². The van der Waals surface area contributed by atoms with Crippen molar-refractivity contribution in [2.45, 2.75) is 13.3 Å². The van der Waals surface area contributed by atoms with Gasteiger partial charge in [0.05, 0.1) is 0 Å². The summed E-state index contributed by atoms with van der Waals surface area (Å²) in [7, 11) is 2.14. The van der Waals surface area contributed by atoms with E-state index in [-0.39, 0.29) is 0 Å². The molecule has 1 aliphatic heterocycles. The van der Waals surface area contributed by atoms with Gasteiger partial charge in [0.2, 0.25) is 0 Å². The third-order valence-electron chi connectivity index (χ3n) is 2.89. The fourth-order valence-electron chi connectivity index (χ4n) is 1.93. The fourth-order valence-corrected chi connectivity index (χ4v) is 1.93. The number of aryl methyl sites for hydroxylation is 1. The molecule has 0 fully saturated rings. The lowest BCUT2D eigenvalue weighted by atomic mass is 9.97. The molecular weight excluding hydrogens is 186 g/mol. The minimum atomic E-state index is 0.602. The Bertz CT molecular complexity index is 396. The number of hydrogen-bond acceptors (Lipinski definition) is 3. The molecule has 2 N–H and O–H groups in total. The highest BCUT2D eigenvalue weighted by molar-refractivity contribution is 5.69. The quantitative estimate of drug-likeness (QED) is 0.755. The zero-order valence-corrected chi connectivity index (χ0v) is 9.33. The summed E-state index contributed by atoms with van der Waals surface area (Å²) < 4.78 is 0. The van der Waals surface area contributed by atoms with Crippen LogP contribution in [0.25, 0.3) is 5.57 Å². The summed E-state index contributed by atoms with van der Waals surface area (Å²) in [5.41, 5.74) is 9.51. The summed E-state index contributed by atoms with van der Waals surface area (Å²) in [6.45, 7) is 4.24. The Kier molecular flexibility index (Phi) is 2.73. The summed E-state index contributed by atoms with van der Waals surface area (Å²) in [6.07, 6.45) is 5.27. The summed E-state index contributed by atoms with van der Waals surface area (Å²) in [4.78, 5) is 6.47. The van der Waals surface area contributed by atoms with E-state index in [0.717, 1.165) is 19.5 Å². The van der Waals surface area contributed by atoms with E-state index in [1.165, 1.54) is 16.7 Å². The van der Waals surface area contributed by atoms with Crippen molar-refractivity contribution >= 4 is 11.4 Å². The zero-order chi connectivity index (χ0) is 10.8. The van der Waals surface area contributed by atoms with Crippen LogP contribution in [0.3, 0.4) is 0 Å². The van der Waals surface area contributed by atoms with Crippen molar-refractivity contribution in [1.29, 1.82) is 0 Å². The van der Waals surface area contributed by atoms with Gasteiger partial charge in [0, 0.05) is 19.3 Å². The number of rotatable bonds is 1. The van der Waals surface area contributed by atoms with E-state index >= 15 is 0 Å². The van der Waals surface area contributed by atoms with Crippen LogP contribution in [0, 0.1) is 6.92 Å². The zero-order valence-electron chi connectivity index (χ0n) is 9.33. The topological polar surface area (TPSA) is 42.1 Å². The smallest absolute Gasteiger partial charge is 0.123 e. The van der Waals surface area contributed by atoms with E-state index in [2.05, 4.69) is 29.9 Å². The molecule has 0 amide bonds. The van der Waals surface area contributed by atoms with E-state index in [1.54, 1.807) is 0 Å². The van der Waals surface area contributed by atoms with Gasteiger partial charge in [-0.15, -0.1) is 0 Å². The Balaban J connectivity index is 2.30. The second kappa shape index (κ2) is 4.03. The molecule has 0 unspecified atom stereocenters. The number of pyridine rings is 1. The van der Waals surface area contributed by atoms with Crippen LogP contribution in [0.4, 0.5) is 5.82 Å². The first kappa shape index (κ1) is 10.2. The van der Waals surface area contributed by atoms with Crippen LogP contribution < -0.4 is 5.73 Å². The van der Waals surface area contributed by atoms with Crippen LogP contribution in [0.1, 0.15) is 17.5 Å². The van der Waals surface area contributed by atoms with Gasteiger partial charge in [-0.2, -0.15) is 0 Å². The van der Waals surface area contributed by atoms with E-state index in [0.29, 0.717) is 5.82 Å². The Morgan fingerprint density at radius 2 is 2.27 bits per heavy atom. The number of likely N-dealkylation sites (N-methyl/N-ethyl adjacent to an activating group) is 1. The lowest BCUT2D eigenvalue weighted by molar-refractivity contribution is 0.370. The molecule has 0 atom stereocenters. The highest BCUT2D eigenvalue weighted by Crippen LogP contribution is 2.24. The van der Waals surface area contributed by atoms with Crippen molar-refractivity contribution in [1.82, 2.24) is 9.88 Å². The van der Waals surface area contributed by atoms with Crippen LogP contribution in [0.5, 0.6) is 0 Å². The van der Waals surface area contributed by atoms with Gasteiger partial charge in [0.15, 0.2) is 0 Å². The maximum atomic E-state index is 5.64. The van der Waals surface area contributed by atoms with Crippen molar-refractivity contribution in [2.75, 3.05) is 25.9 Å². The first-order valence-corrected chi connectivity index (χ1v) is 5.27. The minimum absolute atomic E-state index is 0.602. The van der Waals surface area contributed by atoms with Crippen LogP contribution >= 0.6 is 0 Å². The molecule has 0 saturated carbocycles. The molecule has 1 aromatic rings. The van der Waals surface area contributed by atoms with Crippen molar-refractivity contribution in [3.63, 3.8) is 0 Å². The molecule has 3 nitrogen and oxygen atoms in total. The van der Waals surface area contributed by atoms with Gasteiger partial charge >= 0.3 is 0 Å². The number of aromatic nitrogens is 1. The molecule has 15 heavy (non-hydrogen) atoms. The summed E-state index contributed by atoms with van der Waals surface area (Å²) in [5.74, 6) is 0.602. The number of nitrogens with two attached hydrogens (primary N) is 1. The van der Waals surface area contributed by atoms with E-state index < -0.39 is 0 Å². The molecule has 2 heterocycles. The van der Waals surface area contributed by atoms with Gasteiger partial charge in [-0.3, -0.25) is 0 Å². The first-order valence-electron chi connectivity index (χ1n) is 5.27. The largest absolute Gasteiger partial charge is 0.384 e. The minimum Gasteiger partial charge on any atom is -0.384 e. The Hall–Kier alpha value is -1.35. The van der Waals surface area contributed by atoms with Crippen molar-refractivity contribution in [2.24, 2.45) is 0 Å². The number of anilines is 1. The monoisotopic (exact) mass is 203 g/mol. The molecule has 3 heteroatoms. The summed E-state index contributed by atoms with van der Waals surface area (Å²) in [6, 6.07) is 1.94. The van der Waals surface area contributed by atoms with Crippen LogP contribution in [0.15, 0.2) is 18.3 Å². The molecule has 0 aliphatic carbocycles. The third kappa shape index (κ3) is 2.18. The van der Waals surface area contributed by atoms with Gasteiger partial charge in [-0.25, -0.2) is 4.98 Å². The van der Waals surface area contributed by atoms with Crippen molar-refractivity contribution in [3.8, 4) is 0 Å². The second-order valence-corrected chi connectivity index (χ2v) is 4.17. The Morgan fingerprint density at radius 1 is 1.47 bits per heavy atom. The lowest BCUT2D eigenvalue weighted by Gasteiger charge is -2.22. The maximum Gasteiger partial charge on any atom is 0.123 e. The van der Waals surface area contributed by atoms with Crippen molar-refractivity contribution in [3.05, 3.63) is 29.5 Å². The molecule has 1 aromatic heterocycles. The first-order chi connectivity index (χ1) is 7.16. The van der Waals surface area contributed by atoms with Gasteiger partial charge in [-0.05, 0) is 43.2 Å². The molecule has 0 saturated heterocycles. The Morgan fingerprint density at radius 3 is 2.87 bits per heavy atom. The molecule has 2 rings (SSSR count). The highest BCUT2D eigenvalue weighted by atomic mass is 15.1. The Labute approximate surface area is 90.6 Å². The average Bonchev–Trinajstić information content (AvgIpc) is 2.20. The number of nitrogen functional groups attached to an aromatic ring is 1. The van der Waals surface area contributed by atoms with E-state index in [1.807, 2.05) is 12.3 Å². The van der Waals surface area contributed by atoms with E-state index in [9.17, 15) is 0 Å². The third-order valence-corrected chi connectivity index (χ3v) is 2.89. The van der Waals surface area contributed by atoms with Gasteiger partial charge in [0.1, 0.15) is 5.82 Å². The normalized spacial score (nSPS) is 17.6. The fraction of sp³-hybridized carbons (Fsp3) is 0.417. The van der Waals surface area contributed by atoms with Crippen molar-refractivity contribution < 1.29 is 0 Å². The SMILES string of the molecule is Cc1cc(N)ncc1C1=CCN(C)CC1. The number of nitrogens with zero attached hydrogens (tertiary/aromatic N) is 2. The summed E-state index contributed by atoms with van der Waals surface area (Å²) >= 11 is 0. The standard InChI is InChI=1S/C12H17N3/c1-9-7-12(13)14-8-11(9)10-3-5-15(2)6-4-10/h3,7-8H,4-6H2,1-2H3,(H2,13,14). The number of hydrogen-bond donors (Lipinski definition) is 1. The molecule has 80 valence electrons. The molecule has 0 spiro atoms. The summed E-state index contributed by atoms with van der Waals surface area (Å²) in [5, 5.41) is 0. The highest BCUT2D eigenvalue weighted by Gasteiger charge is 2.11. The second-order valence-electron chi connectivity index (χ2n) is 4.17. The van der Waals surface area contributed by atoms with Gasteiger partial charge in [-0.1, -0.05) is 6.08 Å². The predicted molar refractivity (Wildman–Crippen MR) is 63.5 cm³/mol.